The van der Waals surface area contributed by atoms with E-state index in [0.717, 1.165) is 57.2 Å². The Morgan fingerprint density at radius 3 is 2.25 bits per heavy atom. The lowest BCUT2D eigenvalue weighted by Crippen LogP contribution is -2.37. The first-order valence-corrected chi connectivity index (χ1v) is 13.1. The molecule has 2 aliphatic heterocycles. The molecule has 2 saturated heterocycles. The third-order valence-corrected chi connectivity index (χ3v) is 8.46. The summed E-state index contributed by atoms with van der Waals surface area (Å²) in [6.07, 6.45) is 6.02. The number of piperidine rings is 2. The van der Waals surface area contributed by atoms with Gasteiger partial charge in [-0.25, -0.2) is 8.42 Å². The van der Waals surface area contributed by atoms with Gasteiger partial charge in [-0.15, -0.1) is 0 Å². The number of carbonyl (C=O) groups is 1. The van der Waals surface area contributed by atoms with Crippen molar-refractivity contribution in [2.24, 2.45) is 0 Å². The van der Waals surface area contributed by atoms with E-state index in [9.17, 15) is 13.2 Å². The molecule has 0 bridgehead atoms. The molecule has 0 atom stereocenters. The third kappa shape index (κ3) is 4.95. The first-order chi connectivity index (χ1) is 15.4. The van der Waals surface area contributed by atoms with Crippen LogP contribution >= 0.6 is 11.6 Å². The van der Waals surface area contributed by atoms with E-state index < -0.39 is 10.0 Å². The Kier molecular flexibility index (Phi) is 7.08. The fraction of sp³-hybridized carbons (Fsp3) is 0.458. The summed E-state index contributed by atoms with van der Waals surface area (Å²) in [7, 11) is -3.70. The number of halogens is 1. The van der Waals surface area contributed by atoms with E-state index in [2.05, 4.69) is 10.2 Å². The topological polar surface area (TPSA) is 69.7 Å². The summed E-state index contributed by atoms with van der Waals surface area (Å²) in [5.74, 6) is -0.351. The van der Waals surface area contributed by atoms with E-state index in [1.54, 1.807) is 34.6 Å². The highest BCUT2D eigenvalue weighted by Gasteiger charge is 2.31. The van der Waals surface area contributed by atoms with Crippen LogP contribution in [-0.4, -0.2) is 44.8 Å². The van der Waals surface area contributed by atoms with Crippen LogP contribution < -0.4 is 10.2 Å². The molecule has 1 N–H and O–H groups in total. The quantitative estimate of drug-likeness (QED) is 0.655. The maximum absolute atomic E-state index is 13.6. The van der Waals surface area contributed by atoms with Gasteiger partial charge in [-0.1, -0.05) is 24.1 Å². The van der Waals surface area contributed by atoms with Gasteiger partial charge in [-0.3, -0.25) is 4.79 Å². The molecule has 2 heterocycles. The van der Waals surface area contributed by atoms with Crippen LogP contribution in [0, 0.1) is 6.92 Å². The molecule has 2 aromatic rings. The van der Waals surface area contributed by atoms with Crippen molar-refractivity contribution < 1.29 is 13.2 Å². The smallest absolute Gasteiger partial charge is 0.255 e. The second kappa shape index (κ2) is 9.81. The minimum absolute atomic E-state index is 0.233. The van der Waals surface area contributed by atoms with E-state index in [0.29, 0.717) is 35.1 Å². The van der Waals surface area contributed by atoms with Gasteiger partial charge in [0.1, 0.15) is 4.90 Å². The Balaban J connectivity index is 1.71. The fourth-order valence-electron chi connectivity index (χ4n) is 4.43. The number of carbonyl (C=O) groups excluding carboxylic acids is 1. The molecule has 0 saturated carbocycles. The average Bonchev–Trinajstić information content (AvgIpc) is 2.82. The molecule has 2 fully saturated rings. The van der Waals surface area contributed by atoms with Crippen molar-refractivity contribution in [3.63, 3.8) is 0 Å². The second-order valence-electron chi connectivity index (χ2n) is 8.61. The van der Waals surface area contributed by atoms with Crippen LogP contribution in [0.25, 0.3) is 0 Å². The minimum Gasteiger partial charge on any atom is -0.370 e. The van der Waals surface area contributed by atoms with Crippen LogP contribution in [0.3, 0.4) is 0 Å². The molecule has 0 aliphatic carbocycles. The number of hydrogen-bond acceptors (Lipinski definition) is 4. The number of nitrogens with zero attached hydrogens (tertiary/aromatic N) is 2. The minimum atomic E-state index is -3.70. The summed E-state index contributed by atoms with van der Waals surface area (Å²) in [5.41, 5.74) is 2.52. The van der Waals surface area contributed by atoms with E-state index in [1.807, 2.05) is 13.0 Å². The summed E-state index contributed by atoms with van der Waals surface area (Å²) in [6.45, 7) is 4.60. The van der Waals surface area contributed by atoms with Crippen molar-refractivity contribution in [3.05, 3.63) is 52.5 Å². The van der Waals surface area contributed by atoms with Gasteiger partial charge in [-0.2, -0.15) is 4.31 Å². The zero-order valence-corrected chi connectivity index (χ0v) is 20.0. The highest BCUT2D eigenvalue weighted by Crippen LogP contribution is 2.33. The molecular formula is C24H30ClN3O3S. The number of rotatable bonds is 5. The third-order valence-electron chi connectivity index (χ3n) is 6.30. The van der Waals surface area contributed by atoms with Crippen molar-refractivity contribution in [1.82, 2.24) is 4.31 Å². The summed E-state index contributed by atoms with van der Waals surface area (Å²) in [4.78, 5) is 15.4. The maximum atomic E-state index is 13.6. The molecule has 0 unspecified atom stereocenters. The Labute approximate surface area is 195 Å². The molecule has 0 spiro atoms. The summed E-state index contributed by atoms with van der Waals surface area (Å²) < 4.78 is 28.8. The van der Waals surface area contributed by atoms with Crippen molar-refractivity contribution in [2.45, 2.75) is 50.3 Å². The zero-order valence-electron chi connectivity index (χ0n) is 18.4. The predicted octanol–water partition coefficient (Wildman–Crippen LogP) is 5.07. The summed E-state index contributed by atoms with van der Waals surface area (Å²) in [5, 5.41) is 3.41. The molecule has 2 aromatic carbocycles. The SMILES string of the molecule is Cc1ccc(Cl)cc1NC(=O)c1ccc(N2CCCCC2)c(S(=O)(=O)N2CCCCC2)c1. The lowest BCUT2D eigenvalue weighted by atomic mass is 10.1. The number of sulfonamides is 1. The molecule has 0 radical (unpaired) electrons. The number of hydrogen-bond donors (Lipinski definition) is 1. The largest absolute Gasteiger partial charge is 0.370 e. The van der Waals surface area contributed by atoms with Crippen molar-refractivity contribution >= 4 is 38.9 Å². The highest BCUT2D eigenvalue weighted by atomic mass is 35.5. The lowest BCUT2D eigenvalue weighted by molar-refractivity contribution is 0.102. The zero-order chi connectivity index (χ0) is 22.7. The van der Waals surface area contributed by atoms with Crippen molar-refractivity contribution in [1.29, 1.82) is 0 Å². The van der Waals surface area contributed by atoms with E-state index in [4.69, 9.17) is 11.6 Å². The Hall–Kier alpha value is -2.09. The molecule has 0 aromatic heterocycles. The van der Waals surface area contributed by atoms with Crippen molar-refractivity contribution in [2.75, 3.05) is 36.4 Å². The highest BCUT2D eigenvalue weighted by molar-refractivity contribution is 7.89. The summed E-state index contributed by atoms with van der Waals surface area (Å²) >= 11 is 6.08. The van der Waals surface area contributed by atoms with Gasteiger partial charge < -0.3 is 10.2 Å². The van der Waals surface area contributed by atoms with Crippen LogP contribution in [0.1, 0.15) is 54.4 Å². The van der Waals surface area contributed by atoms with E-state index >= 15 is 0 Å². The van der Waals surface area contributed by atoms with Gasteiger partial charge in [0, 0.05) is 42.5 Å². The van der Waals surface area contributed by atoms with Crippen LogP contribution in [0.4, 0.5) is 11.4 Å². The van der Waals surface area contributed by atoms with E-state index in [-0.39, 0.29) is 10.8 Å². The molecule has 8 heteroatoms. The van der Waals surface area contributed by atoms with Crippen LogP contribution in [0.2, 0.25) is 5.02 Å². The van der Waals surface area contributed by atoms with Crippen molar-refractivity contribution in [3.8, 4) is 0 Å². The standard InChI is InChI=1S/C24H30ClN3O3S/c1-18-8-10-20(25)17-21(18)26-24(29)19-9-11-22(27-12-4-2-5-13-27)23(16-19)32(30,31)28-14-6-3-7-15-28/h8-11,16-17H,2-7,12-15H2,1H3,(H,26,29). The Morgan fingerprint density at radius 2 is 1.56 bits per heavy atom. The number of benzene rings is 2. The maximum Gasteiger partial charge on any atom is 0.255 e. The number of amides is 1. The molecule has 172 valence electrons. The van der Waals surface area contributed by atoms with Gasteiger partial charge in [0.25, 0.3) is 5.91 Å². The number of anilines is 2. The monoisotopic (exact) mass is 475 g/mol. The van der Waals surface area contributed by atoms with E-state index in [1.165, 1.54) is 0 Å². The van der Waals surface area contributed by atoms with Crippen LogP contribution in [-0.2, 0) is 10.0 Å². The Morgan fingerprint density at radius 1 is 0.906 bits per heavy atom. The number of aryl methyl sites for hydroxylation is 1. The molecule has 2 aliphatic rings. The summed E-state index contributed by atoms with van der Waals surface area (Å²) in [6, 6.07) is 10.4. The van der Waals surface area contributed by atoms with Crippen LogP contribution in [0.15, 0.2) is 41.3 Å². The van der Waals surface area contributed by atoms with Crippen LogP contribution in [0.5, 0.6) is 0 Å². The average molecular weight is 476 g/mol. The molecule has 1 amide bonds. The second-order valence-corrected chi connectivity index (χ2v) is 11.0. The van der Waals surface area contributed by atoms with Gasteiger partial charge >= 0.3 is 0 Å². The predicted molar refractivity (Wildman–Crippen MR) is 129 cm³/mol. The van der Waals surface area contributed by atoms with Gasteiger partial charge in [0.15, 0.2) is 0 Å². The molecule has 32 heavy (non-hydrogen) atoms. The van der Waals surface area contributed by atoms with Gasteiger partial charge in [-0.05, 0) is 74.9 Å². The molecular weight excluding hydrogens is 446 g/mol. The van der Waals surface area contributed by atoms with Gasteiger partial charge in [0.05, 0.1) is 5.69 Å². The molecule has 6 nitrogen and oxygen atoms in total. The first-order valence-electron chi connectivity index (χ1n) is 11.3. The first kappa shape index (κ1) is 23.1. The normalized spacial score (nSPS) is 17.9. The fourth-order valence-corrected chi connectivity index (χ4v) is 6.35. The Bertz CT molecular complexity index is 1090. The molecule has 4 rings (SSSR count). The lowest BCUT2D eigenvalue weighted by Gasteiger charge is -2.33. The number of nitrogens with one attached hydrogen (secondary N) is 1. The van der Waals surface area contributed by atoms with Gasteiger partial charge in [0.2, 0.25) is 10.0 Å².